The average molecular weight is 232 g/mol. The summed E-state index contributed by atoms with van der Waals surface area (Å²) < 4.78 is 0. The quantitative estimate of drug-likeness (QED) is 0.877. The van der Waals surface area contributed by atoms with E-state index in [1.54, 1.807) is 0 Å². The first-order valence-electron chi connectivity index (χ1n) is 5.35. The molecule has 1 atom stereocenters. The van der Waals surface area contributed by atoms with E-state index in [1.165, 1.54) is 16.3 Å². The molecule has 2 nitrogen and oxygen atoms in total. The van der Waals surface area contributed by atoms with Crippen molar-refractivity contribution in [2.24, 2.45) is 0 Å². The van der Waals surface area contributed by atoms with Crippen molar-refractivity contribution < 1.29 is 0 Å². The highest BCUT2D eigenvalue weighted by atomic mass is 32.2. The minimum Gasteiger partial charge on any atom is -0.312 e. The maximum Gasteiger partial charge on any atom is 0.0416 e. The van der Waals surface area contributed by atoms with Gasteiger partial charge in [0.2, 0.25) is 0 Å². The Hall–Kier alpha value is -1.06. The van der Waals surface area contributed by atoms with E-state index >= 15 is 0 Å². The third-order valence-electron chi connectivity index (χ3n) is 2.77. The highest BCUT2D eigenvalue weighted by Gasteiger charge is 2.11. The van der Waals surface area contributed by atoms with E-state index in [2.05, 4.69) is 40.8 Å². The predicted molar refractivity (Wildman–Crippen MR) is 71.9 cm³/mol. The molecular formula is C13H16N2S. The topological polar surface area (TPSA) is 24.9 Å². The number of fused-ring (bicyclic) bond motifs is 1. The number of hydrogen-bond acceptors (Lipinski definition) is 3. The molecule has 0 aliphatic rings. The molecule has 1 aromatic carbocycles. The lowest BCUT2D eigenvalue weighted by Crippen LogP contribution is -2.18. The lowest BCUT2D eigenvalue weighted by atomic mass is 10.0. The Balaban J connectivity index is 2.50. The lowest BCUT2D eigenvalue weighted by Gasteiger charge is -2.17. The Bertz CT molecular complexity index is 465. The fourth-order valence-corrected chi connectivity index (χ4v) is 2.62. The first-order chi connectivity index (χ1) is 7.86. The van der Waals surface area contributed by atoms with Crippen molar-refractivity contribution in [2.45, 2.75) is 6.04 Å². The molecule has 0 spiro atoms. The second kappa shape index (κ2) is 5.32. The molecule has 1 aromatic heterocycles. The number of hydrogen-bond donors (Lipinski definition) is 1. The van der Waals surface area contributed by atoms with Crippen molar-refractivity contribution in [1.29, 1.82) is 0 Å². The van der Waals surface area contributed by atoms with E-state index in [0.717, 1.165) is 5.75 Å². The van der Waals surface area contributed by atoms with Gasteiger partial charge < -0.3 is 5.32 Å². The van der Waals surface area contributed by atoms with Crippen LogP contribution in [0.4, 0.5) is 0 Å². The van der Waals surface area contributed by atoms with Gasteiger partial charge in [-0.15, -0.1) is 0 Å². The zero-order valence-electron chi connectivity index (χ0n) is 9.60. The summed E-state index contributed by atoms with van der Waals surface area (Å²) in [6.45, 7) is 0. The molecule has 0 aliphatic carbocycles. The minimum absolute atomic E-state index is 0.392. The standard InChI is InChI=1S/C13H16N2S/c1-14-13(9-16-2)11-5-3-4-10-6-7-15-8-12(10)11/h3-8,13-14H,9H2,1-2H3. The van der Waals surface area contributed by atoms with Gasteiger partial charge >= 0.3 is 0 Å². The maximum atomic E-state index is 4.22. The summed E-state index contributed by atoms with van der Waals surface area (Å²) in [7, 11) is 2.01. The molecule has 0 saturated heterocycles. The smallest absolute Gasteiger partial charge is 0.0416 e. The highest BCUT2D eigenvalue weighted by Crippen LogP contribution is 2.25. The van der Waals surface area contributed by atoms with Crippen LogP contribution in [0.25, 0.3) is 10.8 Å². The summed E-state index contributed by atoms with van der Waals surface area (Å²) in [5.41, 5.74) is 1.34. The molecule has 0 radical (unpaired) electrons. The van der Waals surface area contributed by atoms with E-state index in [4.69, 9.17) is 0 Å². The first-order valence-corrected chi connectivity index (χ1v) is 6.75. The molecule has 16 heavy (non-hydrogen) atoms. The number of rotatable bonds is 4. The molecule has 0 amide bonds. The van der Waals surface area contributed by atoms with E-state index in [-0.39, 0.29) is 0 Å². The summed E-state index contributed by atoms with van der Waals surface area (Å²) in [6.07, 6.45) is 5.93. The number of aromatic nitrogens is 1. The predicted octanol–water partition coefficient (Wildman–Crippen LogP) is 2.86. The largest absolute Gasteiger partial charge is 0.312 e. The van der Waals surface area contributed by atoms with Crippen molar-refractivity contribution in [3.8, 4) is 0 Å². The molecule has 2 rings (SSSR count). The zero-order chi connectivity index (χ0) is 11.4. The Labute approximate surface area is 100 Å². The number of pyridine rings is 1. The average Bonchev–Trinajstić information content (AvgIpc) is 2.35. The first kappa shape index (κ1) is 11.4. The van der Waals surface area contributed by atoms with Crippen LogP contribution in [-0.2, 0) is 0 Å². The molecule has 1 unspecified atom stereocenters. The molecule has 2 aromatic rings. The van der Waals surface area contributed by atoms with Crippen LogP contribution in [0.3, 0.4) is 0 Å². The van der Waals surface area contributed by atoms with Crippen molar-refractivity contribution in [3.63, 3.8) is 0 Å². The summed E-state index contributed by atoms with van der Waals surface area (Å²) in [5.74, 6) is 1.07. The number of benzene rings is 1. The third-order valence-corrected chi connectivity index (χ3v) is 3.44. The van der Waals surface area contributed by atoms with Gasteiger partial charge in [-0.05, 0) is 30.3 Å². The van der Waals surface area contributed by atoms with Gasteiger partial charge in [-0.3, -0.25) is 4.98 Å². The van der Waals surface area contributed by atoms with Crippen molar-refractivity contribution in [3.05, 3.63) is 42.2 Å². The van der Waals surface area contributed by atoms with Crippen LogP contribution < -0.4 is 5.32 Å². The van der Waals surface area contributed by atoms with Gasteiger partial charge in [-0.25, -0.2) is 0 Å². The molecule has 3 heteroatoms. The fourth-order valence-electron chi connectivity index (χ4n) is 1.94. The van der Waals surface area contributed by atoms with E-state index in [1.807, 2.05) is 31.2 Å². The number of nitrogens with one attached hydrogen (secondary N) is 1. The molecule has 0 saturated carbocycles. The van der Waals surface area contributed by atoms with Crippen molar-refractivity contribution >= 4 is 22.5 Å². The Kier molecular flexibility index (Phi) is 3.80. The summed E-state index contributed by atoms with van der Waals surface area (Å²) in [6, 6.07) is 8.88. The molecule has 0 bridgehead atoms. The normalized spacial score (nSPS) is 12.9. The Morgan fingerprint density at radius 2 is 2.25 bits per heavy atom. The fraction of sp³-hybridized carbons (Fsp3) is 0.308. The third kappa shape index (κ3) is 2.20. The highest BCUT2D eigenvalue weighted by molar-refractivity contribution is 7.98. The van der Waals surface area contributed by atoms with Gasteiger partial charge in [0.25, 0.3) is 0 Å². The summed E-state index contributed by atoms with van der Waals surface area (Å²) in [4.78, 5) is 4.22. The minimum atomic E-state index is 0.392. The second-order valence-corrected chi connectivity index (χ2v) is 4.65. The number of nitrogens with zero attached hydrogens (tertiary/aromatic N) is 1. The molecule has 1 heterocycles. The van der Waals surface area contributed by atoms with Gasteiger partial charge in [0.15, 0.2) is 0 Å². The van der Waals surface area contributed by atoms with Gasteiger partial charge in [0.1, 0.15) is 0 Å². The van der Waals surface area contributed by atoms with Crippen LogP contribution in [0, 0.1) is 0 Å². The Morgan fingerprint density at radius 3 is 3.00 bits per heavy atom. The van der Waals surface area contributed by atoms with Crippen LogP contribution in [0.5, 0.6) is 0 Å². The molecule has 84 valence electrons. The van der Waals surface area contributed by atoms with Gasteiger partial charge in [-0.1, -0.05) is 18.2 Å². The molecule has 0 fully saturated rings. The molecular weight excluding hydrogens is 216 g/mol. The van der Waals surface area contributed by atoms with Crippen molar-refractivity contribution in [2.75, 3.05) is 19.1 Å². The van der Waals surface area contributed by atoms with Crippen LogP contribution in [0.15, 0.2) is 36.7 Å². The molecule has 0 aliphatic heterocycles. The zero-order valence-corrected chi connectivity index (χ0v) is 10.4. The van der Waals surface area contributed by atoms with Crippen molar-refractivity contribution in [1.82, 2.24) is 10.3 Å². The van der Waals surface area contributed by atoms with E-state index in [9.17, 15) is 0 Å². The van der Waals surface area contributed by atoms with Gasteiger partial charge in [0, 0.05) is 29.6 Å². The Morgan fingerprint density at radius 1 is 1.38 bits per heavy atom. The van der Waals surface area contributed by atoms with Gasteiger partial charge in [-0.2, -0.15) is 11.8 Å². The molecule has 1 N–H and O–H groups in total. The SMILES string of the molecule is CNC(CSC)c1cccc2ccncc12. The van der Waals surface area contributed by atoms with E-state index in [0.29, 0.717) is 6.04 Å². The monoisotopic (exact) mass is 232 g/mol. The van der Waals surface area contributed by atoms with Crippen LogP contribution in [0.1, 0.15) is 11.6 Å². The summed E-state index contributed by atoms with van der Waals surface area (Å²) in [5, 5.41) is 5.87. The second-order valence-electron chi connectivity index (χ2n) is 3.74. The van der Waals surface area contributed by atoms with Crippen LogP contribution in [0.2, 0.25) is 0 Å². The van der Waals surface area contributed by atoms with E-state index < -0.39 is 0 Å². The summed E-state index contributed by atoms with van der Waals surface area (Å²) >= 11 is 1.85. The lowest BCUT2D eigenvalue weighted by molar-refractivity contribution is 0.667. The van der Waals surface area contributed by atoms with Gasteiger partial charge in [0.05, 0.1) is 0 Å². The van der Waals surface area contributed by atoms with Crippen LogP contribution >= 0.6 is 11.8 Å². The maximum absolute atomic E-state index is 4.22. The number of thioether (sulfide) groups is 1. The van der Waals surface area contributed by atoms with Crippen LogP contribution in [-0.4, -0.2) is 24.0 Å².